The van der Waals surface area contributed by atoms with Crippen molar-refractivity contribution in [2.75, 3.05) is 9.80 Å². The topological polar surface area (TPSA) is 19.6 Å². The van der Waals surface area contributed by atoms with Crippen LogP contribution in [-0.4, -0.2) is 6.71 Å². The standard InChI is InChI=1S/C67H79BN2O/c1-60(2,3)39-31-54-58-55(32-39)70(51-26-25-43(61(4,5)6)57-41-21-19-20-22-56(41)71-59(51)57)53-37-48-46(66(15,16)38-67(48,17)18)35-50(53)68(58)49-34-45-47(65(13,14)30-29-64(45,11)12)36-52(49)69(54)40-23-24-42-44(33-40)63(9,10)28-27-62(42,7)8/h19-26,31-37H,27-30,38H2,1-18H3. The second-order valence-corrected chi connectivity index (χ2v) is 29.1. The van der Waals surface area contributed by atoms with E-state index in [0.717, 1.165) is 23.3 Å². The lowest BCUT2D eigenvalue weighted by atomic mass is 9.32. The zero-order valence-electron chi connectivity index (χ0n) is 46.6. The van der Waals surface area contributed by atoms with E-state index in [1.807, 2.05) is 0 Å². The number of benzene rings is 6. The minimum Gasteiger partial charge on any atom is -0.454 e. The summed E-state index contributed by atoms with van der Waals surface area (Å²) in [4.78, 5) is 5.41. The van der Waals surface area contributed by atoms with Crippen molar-refractivity contribution < 1.29 is 4.42 Å². The highest BCUT2D eigenvalue weighted by molar-refractivity contribution is 7.00. The summed E-state index contributed by atoms with van der Waals surface area (Å²) in [7, 11) is 0. The molecule has 6 aromatic carbocycles. The molecule has 0 unspecified atom stereocenters. The lowest BCUT2D eigenvalue weighted by Crippen LogP contribution is -2.62. The number of hydrogen-bond donors (Lipinski definition) is 0. The Labute approximate surface area is 426 Å². The molecule has 0 saturated carbocycles. The maximum absolute atomic E-state index is 7.25. The van der Waals surface area contributed by atoms with E-state index < -0.39 is 0 Å². The summed E-state index contributed by atoms with van der Waals surface area (Å²) in [5, 5.41) is 2.40. The molecule has 0 fully saturated rings. The van der Waals surface area contributed by atoms with E-state index in [4.69, 9.17) is 4.42 Å². The van der Waals surface area contributed by atoms with Crippen LogP contribution in [0.15, 0.2) is 95.4 Å². The molecule has 71 heavy (non-hydrogen) atoms. The minimum absolute atomic E-state index is 0.00768. The molecule has 0 spiro atoms. The summed E-state index contributed by atoms with van der Waals surface area (Å²) in [6.45, 7) is 44.1. The molecule has 3 aliphatic carbocycles. The molecule has 1 aromatic heterocycles. The van der Waals surface area contributed by atoms with Gasteiger partial charge in [0, 0.05) is 39.2 Å². The maximum Gasteiger partial charge on any atom is 0.252 e. The maximum atomic E-state index is 7.25. The fourth-order valence-electron chi connectivity index (χ4n) is 14.8. The zero-order chi connectivity index (χ0) is 50.7. The molecule has 366 valence electrons. The summed E-state index contributed by atoms with van der Waals surface area (Å²) in [5.41, 5.74) is 25.4. The molecule has 5 aliphatic rings. The molecular weight excluding hydrogens is 860 g/mol. The predicted molar refractivity (Wildman–Crippen MR) is 306 cm³/mol. The molecule has 0 N–H and O–H groups in total. The van der Waals surface area contributed by atoms with Gasteiger partial charge in [0.1, 0.15) is 5.58 Å². The molecule has 3 heterocycles. The van der Waals surface area contributed by atoms with E-state index in [9.17, 15) is 0 Å². The summed E-state index contributed by atoms with van der Waals surface area (Å²) in [5.74, 6) is 0. The van der Waals surface area contributed by atoms with Gasteiger partial charge in [-0.2, -0.15) is 0 Å². The van der Waals surface area contributed by atoms with Gasteiger partial charge in [-0.25, -0.2) is 0 Å². The quantitative estimate of drug-likeness (QED) is 0.161. The Morgan fingerprint density at radius 3 is 1.52 bits per heavy atom. The number of fused-ring (bicyclic) bond motifs is 10. The van der Waals surface area contributed by atoms with Crippen molar-refractivity contribution in [3.8, 4) is 0 Å². The van der Waals surface area contributed by atoms with E-state index in [-0.39, 0.29) is 50.0 Å². The lowest BCUT2D eigenvalue weighted by Gasteiger charge is -2.48. The number of anilines is 6. The number of para-hydroxylation sites is 1. The van der Waals surface area contributed by atoms with E-state index in [1.165, 1.54) is 126 Å². The van der Waals surface area contributed by atoms with Crippen molar-refractivity contribution in [3.63, 3.8) is 0 Å². The Morgan fingerprint density at radius 1 is 0.451 bits per heavy atom. The number of furan rings is 1. The van der Waals surface area contributed by atoms with E-state index in [2.05, 4.69) is 225 Å². The molecule has 2 aliphatic heterocycles. The number of nitrogens with zero attached hydrogens (tertiary/aromatic N) is 2. The van der Waals surface area contributed by atoms with Gasteiger partial charge in [0.2, 0.25) is 0 Å². The van der Waals surface area contributed by atoms with Crippen molar-refractivity contribution in [3.05, 3.63) is 136 Å². The Morgan fingerprint density at radius 2 is 0.944 bits per heavy atom. The van der Waals surface area contributed by atoms with Crippen LogP contribution in [0.3, 0.4) is 0 Å². The molecule has 7 aromatic rings. The van der Waals surface area contributed by atoms with Crippen molar-refractivity contribution in [2.24, 2.45) is 0 Å². The third-order valence-electron chi connectivity index (χ3n) is 19.0. The average Bonchev–Trinajstić information content (AvgIpc) is 3.75. The van der Waals surface area contributed by atoms with Crippen LogP contribution in [0.1, 0.15) is 201 Å². The Hall–Kier alpha value is -5.22. The smallest absolute Gasteiger partial charge is 0.252 e. The van der Waals surface area contributed by atoms with Crippen LogP contribution < -0.4 is 26.2 Å². The van der Waals surface area contributed by atoms with Crippen molar-refractivity contribution in [2.45, 2.75) is 200 Å². The van der Waals surface area contributed by atoms with E-state index in [1.54, 1.807) is 0 Å². The minimum atomic E-state index is -0.141. The van der Waals surface area contributed by atoms with Crippen LogP contribution in [0.25, 0.3) is 21.9 Å². The third kappa shape index (κ3) is 6.66. The van der Waals surface area contributed by atoms with Crippen molar-refractivity contribution >= 4 is 79.2 Å². The molecule has 0 radical (unpaired) electrons. The summed E-state index contributed by atoms with van der Waals surface area (Å²) >= 11 is 0. The van der Waals surface area contributed by atoms with Gasteiger partial charge in [0.05, 0.1) is 5.69 Å². The largest absolute Gasteiger partial charge is 0.454 e. The molecule has 0 bridgehead atoms. The van der Waals surface area contributed by atoms with Crippen LogP contribution in [0, 0.1) is 0 Å². The molecule has 0 saturated heterocycles. The van der Waals surface area contributed by atoms with Gasteiger partial charge in [-0.3, -0.25) is 0 Å². The first-order chi connectivity index (χ1) is 32.9. The highest BCUT2D eigenvalue weighted by atomic mass is 16.3. The SMILES string of the molecule is CC(C)(C)c1cc2c3c(c1)N(c1ccc(C(C)(C)C)c4c1oc1ccccc14)c1cc4c(cc1B3c1cc3c(cc1N2c1ccc2c(c1)C(C)(C)CCC2(C)C)C(C)(C)CCC3(C)C)C(C)(C)CC4(C)C. The molecule has 3 nitrogen and oxygen atoms in total. The first kappa shape index (κ1) is 46.8. The van der Waals surface area contributed by atoms with Crippen LogP contribution in [-0.2, 0) is 43.3 Å². The van der Waals surface area contributed by atoms with Gasteiger partial charge in [-0.05, 0) is 185 Å². The molecule has 12 rings (SSSR count). The predicted octanol–water partition coefficient (Wildman–Crippen LogP) is 16.9. The highest BCUT2D eigenvalue weighted by Crippen LogP contribution is 2.56. The Kier molecular flexibility index (Phi) is 9.43. The third-order valence-corrected chi connectivity index (χ3v) is 19.0. The van der Waals surface area contributed by atoms with Crippen LogP contribution in [0.5, 0.6) is 0 Å². The van der Waals surface area contributed by atoms with Crippen LogP contribution in [0.4, 0.5) is 34.1 Å². The first-order valence-electron chi connectivity index (χ1n) is 27.2. The molecule has 4 heteroatoms. The van der Waals surface area contributed by atoms with Crippen molar-refractivity contribution in [1.29, 1.82) is 0 Å². The van der Waals surface area contributed by atoms with Gasteiger partial charge in [0.25, 0.3) is 6.71 Å². The van der Waals surface area contributed by atoms with Gasteiger partial charge in [-0.15, -0.1) is 0 Å². The number of rotatable bonds is 2. The normalized spacial score (nSPS) is 20.6. The second-order valence-electron chi connectivity index (χ2n) is 29.1. The molecule has 0 amide bonds. The Balaban J connectivity index is 1.26. The second kappa shape index (κ2) is 14.3. The molecule has 0 atom stereocenters. The Bertz CT molecular complexity index is 3450. The van der Waals surface area contributed by atoms with Gasteiger partial charge in [0.15, 0.2) is 5.58 Å². The first-order valence-corrected chi connectivity index (χ1v) is 27.2. The fourth-order valence-corrected chi connectivity index (χ4v) is 14.8. The zero-order valence-corrected chi connectivity index (χ0v) is 46.6. The fraction of sp³-hybridized carbons (Fsp3) is 0.463. The van der Waals surface area contributed by atoms with Crippen molar-refractivity contribution in [1.82, 2.24) is 0 Å². The summed E-state index contributed by atoms with van der Waals surface area (Å²) in [6.07, 6.45) is 5.82. The number of hydrogen-bond acceptors (Lipinski definition) is 3. The lowest BCUT2D eigenvalue weighted by molar-refractivity contribution is 0.332. The summed E-state index contributed by atoms with van der Waals surface area (Å²) in [6, 6.07) is 37.0. The van der Waals surface area contributed by atoms with Gasteiger partial charge in [-0.1, -0.05) is 167 Å². The molecular formula is C67H79BN2O. The highest BCUT2D eigenvalue weighted by Gasteiger charge is 2.51. The van der Waals surface area contributed by atoms with E-state index >= 15 is 0 Å². The van der Waals surface area contributed by atoms with Gasteiger partial charge < -0.3 is 14.2 Å². The van der Waals surface area contributed by atoms with Crippen LogP contribution >= 0.6 is 0 Å². The monoisotopic (exact) mass is 939 g/mol. The van der Waals surface area contributed by atoms with Crippen LogP contribution in [0.2, 0.25) is 0 Å². The van der Waals surface area contributed by atoms with E-state index in [0.29, 0.717) is 0 Å². The van der Waals surface area contributed by atoms with Gasteiger partial charge >= 0.3 is 0 Å². The average molecular weight is 939 g/mol. The summed E-state index contributed by atoms with van der Waals surface area (Å²) < 4.78 is 7.25.